The van der Waals surface area contributed by atoms with Crippen LogP contribution in [0.15, 0.2) is 48.5 Å². The minimum atomic E-state index is 0.393. The largest absolute Gasteiger partial charge is 0.268 e. The summed E-state index contributed by atoms with van der Waals surface area (Å²) in [4.78, 5) is 2.15. The van der Waals surface area contributed by atoms with Crippen LogP contribution in [-0.2, 0) is 6.67 Å². The molecule has 0 unspecified atom stereocenters. The third-order valence-corrected chi connectivity index (χ3v) is 5.49. The number of rotatable bonds is 6. The predicted octanol–water partition coefficient (Wildman–Crippen LogP) is 4.63. The van der Waals surface area contributed by atoms with Gasteiger partial charge in [0.15, 0.2) is 5.82 Å². The van der Waals surface area contributed by atoms with Crippen molar-refractivity contribution in [3.63, 3.8) is 0 Å². The molecule has 3 aromatic rings. The Hall–Kier alpha value is -2.75. The van der Waals surface area contributed by atoms with Gasteiger partial charge < -0.3 is 0 Å². The molecule has 0 N–H and O–H groups in total. The molecule has 0 atom stereocenters. The molecule has 1 saturated carbocycles. The molecule has 2 aromatic carbocycles. The van der Waals surface area contributed by atoms with E-state index in [2.05, 4.69) is 73.3 Å². The normalized spacial score (nSPS) is 13.6. The van der Waals surface area contributed by atoms with E-state index in [9.17, 15) is 5.26 Å². The zero-order valence-electron chi connectivity index (χ0n) is 16.2. The van der Waals surface area contributed by atoms with Crippen molar-refractivity contribution < 1.29 is 0 Å². The molecule has 28 heavy (non-hydrogen) atoms. The minimum absolute atomic E-state index is 0.393. The third-order valence-electron chi connectivity index (χ3n) is 5.09. The maximum atomic E-state index is 9.18. The fourth-order valence-electron chi connectivity index (χ4n) is 3.31. The van der Waals surface area contributed by atoms with Crippen LogP contribution in [0.1, 0.15) is 24.0 Å². The van der Waals surface area contributed by atoms with Crippen molar-refractivity contribution in [1.29, 1.82) is 5.26 Å². The summed E-state index contributed by atoms with van der Waals surface area (Å²) in [5.74, 6) is 0.821. The Morgan fingerprint density at radius 3 is 2.25 bits per heavy atom. The first-order valence-corrected chi connectivity index (χ1v) is 9.92. The van der Waals surface area contributed by atoms with Gasteiger partial charge in [0.05, 0.1) is 19.3 Å². The van der Waals surface area contributed by atoms with Crippen molar-refractivity contribution in [1.82, 2.24) is 19.2 Å². The van der Waals surface area contributed by atoms with E-state index in [-0.39, 0.29) is 0 Å². The summed E-state index contributed by atoms with van der Waals surface area (Å²) in [7, 11) is 0. The van der Waals surface area contributed by atoms with Gasteiger partial charge in [-0.25, -0.2) is 4.68 Å². The summed E-state index contributed by atoms with van der Waals surface area (Å²) in [5.41, 5.74) is 4.43. The highest BCUT2D eigenvalue weighted by Crippen LogP contribution is 2.28. The molecule has 1 aliphatic carbocycles. The smallest absolute Gasteiger partial charge is 0.204 e. The molecule has 0 bridgehead atoms. The Morgan fingerprint density at radius 2 is 1.68 bits per heavy atom. The number of hydrogen-bond donors (Lipinski definition) is 0. The third kappa shape index (κ3) is 3.77. The number of aromatic nitrogens is 3. The molecule has 6 heteroatoms. The summed E-state index contributed by atoms with van der Waals surface area (Å²) >= 11 is 5.82. The van der Waals surface area contributed by atoms with Gasteiger partial charge >= 0.3 is 0 Å². The highest BCUT2D eigenvalue weighted by molar-refractivity contribution is 7.71. The molecule has 4 rings (SSSR count). The zero-order valence-corrected chi connectivity index (χ0v) is 17.0. The van der Waals surface area contributed by atoms with E-state index in [1.165, 1.54) is 11.1 Å². The maximum absolute atomic E-state index is 9.18. The van der Waals surface area contributed by atoms with Crippen LogP contribution in [0.25, 0.3) is 17.1 Å². The molecule has 0 amide bonds. The Balaban J connectivity index is 1.81. The number of benzene rings is 2. The SMILES string of the molecule is Cc1ccc(-c2nn(CN(CC#N)C3CC3)c(=S)n2-c2ccc(C)cc2)cc1. The number of hydrogen-bond acceptors (Lipinski definition) is 4. The molecule has 0 saturated heterocycles. The monoisotopic (exact) mass is 389 g/mol. The van der Waals surface area contributed by atoms with Gasteiger partial charge in [-0.3, -0.25) is 9.47 Å². The molecule has 1 fully saturated rings. The van der Waals surface area contributed by atoms with Gasteiger partial charge in [0.2, 0.25) is 4.77 Å². The van der Waals surface area contributed by atoms with Gasteiger partial charge in [-0.05, 0) is 51.0 Å². The first-order chi connectivity index (χ1) is 13.6. The van der Waals surface area contributed by atoms with E-state index in [1.54, 1.807) is 0 Å². The Bertz CT molecular complexity index is 1070. The Morgan fingerprint density at radius 1 is 1.07 bits per heavy atom. The van der Waals surface area contributed by atoms with Crippen molar-refractivity contribution in [2.45, 2.75) is 39.4 Å². The molecule has 0 aliphatic heterocycles. The fourth-order valence-corrected chi connectivity index (χ4v) is 3.60. The maximum Gasteiger partial charge on any atom is 0.204 e. The molecule has 142 valence electrons. The lowest BCUT2D eigenvalue weighted by molar-refractivity contribution is 0.220. The second-order valence-electron chi connectivity index (χ2n) is 7.42. The lowest BCUT2D eigenvalue weighted by Crippen LogP contribution is -2.29. The predicted molar refractivity (Wildman–Crippen MR) is 113 cm³/mol. The van der Waals surface area contributed by atoms with Gasteiger partial charge in [-0.2, -0.15) is 5.26 Å². The zero-order chi connectivity index (χ0) is 19.7. The van der Waals surface area contributed by atoms with Gasteiger partial charge in [-0.15, -0.1) is 5.10 Å². The van der Waals surface area contributed by atoms with E-state index in [1.807, 2.05) is 9.25 Å². The summed E-state index contributed by atoms with van der Waals surface area (Å²) < 4.78 is 4.51. The molecule has 5 nitrogen and oxygen atoms in total. The summed E-state index contributed by atoms with van der Waals surface area (Å²) in [6, 6.07) is 19.4. The van der Waals surface area contributed by atoms with Crippen molar-refractivity contribution in [3.05, 3.63) is 64.4 Å². The van der Waals surface area contributed by atoms with E-state index in [4.69, 9.17) is 17.3 Å². The van der Waals surface area contributed by atoms with Crippen LogP contribution >= 0.6 is 12.2 Å². The summed E-state index contributed by atoms with van der Waals surface area (Å²) in [6.07, 6.45) is 2.27. The highest BCUT2D eigenvalue weighted by atomic mass is 32.1. The van der Waals surface area contributed by atoms with Gasteiger partial charge in [-0.1, -0.05) is 47.5 Å². The van der Waals surface area contributed by atoms with Crippen LogP contribution in [0, 0.1) is 29.9 Å². The number of nitrogens with zero attached hydrogens (tertiary/aromatic N) is 5. The molecular weight excluding hydrogens is 366 g/mol. The average molecular weight is 390 g/mol. The fraction of sp³-hybridized carbons (Fsp3) is 0.318. The van der Waals surface area contributed by atoms with Crippen LogP contribution in [-0.4, -0.2) is 31.8 Å². The van der Waals surface area contributed by atoms with E-state index < -0.39 is 0 Å². The molecule has 1 aromatic heterocycles. The van der Waals surface area contributed by atoms with Crippen LogP contribution in [0.4, 0.5) is 0 Å². The van der Waals surface area contributed by atoms with Crippen LogP contribution in [0.3, 0.4) is 0 Å². The first kappa shape index (κ1) is 18.6. The van der Waals surface area contributed by atoms with E-state index in [0.29, 0.717) is 24.0 Å². The standard InChI is InChI=1S/C22H23N5S/c1-16-3-7-18(8-4-16)21-24-26(15-25(14-13-23)19-11-12-19)22(28)27(21)20-9-5-17(2)6-10-20/h3-10,19H,11-12,14-15H2,1-2H3. The van der Waals surface area contributed by atoms with Crippen LogP contribution in [0.5, 0.6) is 0 Å². The highest BCUT2D eigenvalue weighted by Gasteiger charge is 2.29. The molecular formula is C22H23N5S. The average Bonchev–Trinajstić information content (AvgIpc) is 3.48. The molecule has 1 aliphatic rings. The number of aryl methyl sites for hydroxylation is 2. The molecule has 0 spiro atoms. The lowest BCUT2D eigenvalue weighted by Gasteiger charge is -2.17. The lowest BCUT2D eigenvalue weighted by atomic mass is 10.1. The molecule has 1 heterocycles. The second-order valence-corrected chi connectivity index (χ2v) is 7.79. The van der Waals surface area contributed by atoms with Crippen molar-refractivity contribution >= 4 is 12.2 Å². The Labute approximate surface area is 170 Å². The van der Waals surface area contributed by atoms with Crippen LogP contribution < -0.4 is 0 Å². The first-order valence-electron chi connectivity index (χ1n) is 9.52. The van der Waals surface area contributed by atoms with Gasteiger partial charge in [0.25, 0.3) is 0 Å². The Kier molecular flexibility index (Phi) is 5.12. The summed E-state index contributed by atoms with van der Waals surface area (Å²) in [6.45, 7) is 5.07. The second kappa shape index (κ2) is 7.70. The van der Waals surface area contributed by atoms with Crippen LogP contribution in [0.2, 0.25) is 0 Å². The quantitative estimate of drug-likeness (QED) is 0.455. The van der Waals surface area contributed by atoms with E-state index >= 15 is 0 Å². The van der Waals surface area contributed by atoms with Crippen molar-refractivity contribution in [2.75, 3.05) is 6.54 Å². The van der Waals surface area contributed by atoms with Crippen molar-refractivity contribution in [2.24, 2.45) is 0 Å². The number of nitriles is 1. The molecule has 0 radical (unpaired) electrons. The van der Waals surface area contributed by atoms with E-state index in [0.717, 1.165) is 29.9 Å². The van der Waals surface area contributed by atoms with Crippen molar-refractivity contribution in [3.8, 4) is 23.1 Å². The minimum Gasteiger partial charge on any atom is -0.268 e. The summed E-state index contributed by atoms with van der Waals surface area (Å²) in [5, 5.41) is 14.0. The van der Waals surface area contributed by atoms with Gasteiger partial charge in [0, 0.05) is 17.3 Å². The topological polar surface area (TPSA) is 49.8 Å². The van der Waals surface area contributed by atoms with Gasteiger partial charge in [0.1, 0.15) is 0 Å².